The third-order valence-electron chi connectivity index (χ3n) is 5.40. The molecule has 0 aromatic carbocycles. The van der Waals surface area contributed by atoms with Gasteiger partial charge in [0.1, 0.15) is 22.8 Å². The molecule has 1 amide bonds. The number of likely N-dealkylation sites (tertiary alicyclic amines) is 1. The first-order chi connectivity index (χ1) is 15.2. The molecule has 8 nitrogen and oxygen atoms in total. The second-order valence-electron chi connectivity index (χ2n) is 9.07. The van der Waals surface area contributed by atoms with Crippen LogP contribution in [0, 0.1) is 11.7 Å². The van der Waals surface area contributed by atoms with Gasteiger partial charge in [-0.3, -0.25) is 4.40 Å². The first-order valence-electron chi connectivity index (χ1n) is 10.7. The molecule has 0 saturated carbocycles. The van der Waals surface area contributed by atoms with Gasteiger partial charge in [0.15, 0.2) is 11.6 Å². The van der Waals surface area contributed by atoms with Crippen molar-refractivity contribution in [2.45, 2.75) is 45.6 Å². The van der Waals surface area contributed by atoms with Crippen LogP contribution >= 0.6 is 0 Å². The summed E-state index contributed by atoms with van der Waals surface area (Å²) < 4.78 is 26.4. The van der Waals surface area contributed by atoms with Gasteiger partial charge < -0.3 is 14.4 Å². The van der Waals surface area contributed by atoms with Gasteiger partial charge in [0.25, 0.3) is 0 Å². The van der Waals surface area contributed by atoms with E-state index in [9.17, 15) is 9.18 Å². The Morgan fingerprint density at radius 3 is 2.81 bits per heavy atom. The zero-order chi connectivity index (χ0) is 22.9. The number of rotatable bonds is 4. The lowest BCUT2D eigenvalue weighted by Crippen LogP contribution is -2.43. The average molecular weight is 442 g/mol. The molecule has 9 heteroatoms. The second kappa shape index (κ2) is 8.72. The Balaban J connectivity index is 1.57. The van der Waals surface area contributed by atoms with Crippen molar-refractivity contribution in [3.8, 4) is 17.3 Å². The summed E-state index contributed by atoms with van der Waals surface area (Å²) in [6.07, 6.45) is 6.84. The highest BCUT2D eigenvalue weighted by Crippen LogP contribution is 2.28. The number of nitrogens with zero attached hydrogens (tertiary/aromatic N) is 5. The van der Waals surface area contributed by atoms with Crippen molar-refractivity contribution < 1.29 is 18.7 Å². The van der Waals surface area contributed by atoms with Crippen LogP contribution in [0.1, 0.15) is 39.3 Å². The lowest BCUT2D eigenvalue weighted by atomic mass is 9.93. The maximum Gasteiger partial charge on any atom is 0.410 e. The molecule has 0 spiro atoms. The molecule has 0 unspecified atom stereocenters. The third kappa shape index (κ3) is 4.81. The number of imidazole rings is 1. The number of aromatic nitrogens is 4. The molecule has 1 aliphatic heterocycles. The molecule has 0 radical (unpaired) electrons. The number of amides is 1. The van der Waals surface area contributed by atoms with E-state index in [2.05, 4.69) is 9.97 Å². The van der Waals surface area contributed by atoms with Crippen LogP contribution in [0.5, 0.6) is 5.75 Å². The maximum absolute atomic E-state index is 13.8. The number of halogens is 1. The molecule has 0 N–H and O–H groups in total. The fourth-order valence-corrected chi connectivity index (χ4v) is 3.96. The topological polar surface area (TPSA) is 81.9 Å². The Kier molecular flexibility index (Phi) is 5.99. The van der Waals surface area contributed by atoms with Gasteiger partial charge >= 0.3 is 6.09 Å². The average Bonchev–Trinajstić information content (AvgIpc) is 3.15. The Morgan fingerprint density at radius 2 is 2.06 bits per heavy atom. The first-order valence-corrected chi connectivity index (χ1v) is 10.7. The van der Waals surface area contributed by atoms with Gasteiger partial charge in [-0.05, 0) is 58.1 Å². The summed E-state index contributed by atoms with van der Waals surface area (Å²) in [5.41, 5.74) is 1.44. The van der Waals surface area contributed by atoms with Gasteiger partial charge in [0, 0.05) is 19.3 Å². The minimum absolute atomic E-state index is 0.215. The number of methoxy groups -OCH3 is 1. The van der Waals surface area contributed by atoms with Crippen LogP contribution in [-0.4, -0.2) is 56.1 Å². The Hall–Kier alpha value is -3.23. The van der Waals surface area contributed by atoms with E-state index in [0.29, 0.717) is 42.4 Å². The molecular formula is C23H28FN5O3. The Morgan fingerprint density at radius 1 is 1.25 bits per heavy atom. The van der Waals surface area contributed by atoms with Crippen LogP contribution in [0.3, 0.4) is 0 Å². The largest absolute Gasteiger partial charge is 0.493 e. The smallest absolute Gasteiger partial charge is 0.410 e. The molecule has 1 atom stereocenters. The molecule has 3 aromatic rings. The molecule has 1 aliphatic rings. The molecule has 32 heavy (non-hydrogen) atoms. The monoisotopic (exact) mass is 441 g/mol. The molecule has 0 bridgehead atoms. The van der Waals surface area contributed by atoms with Crippen molar-refractivity contribution in [1.82, 2.24) is 24.3 Å². The number of hydrogen-bond acceptors (Lipinski definition) is 6. The molecule has 1 fully saturated rings. The number of carbonyl (C=O) groups is 1. The number of ether oxygens (including phenoxy) is 2. The summed E-state index contributed by atoms with van der Waals surface area (Å²) >= 11 is 0. The van der Waals surface area contributed by atoms with Crippen molar-refractivity contribution in [3.63, 3.8) is 0 Å². The van der Waals surface area contributed by atoms with Crippen LogP contribution in [0.15, 0.2) is 30.7 Å². The lowest BCUT2D eigenvalue weighted by molar-refractivity contribution is 0.0165. The van der Waals surface area contributed by atoms with E-state index < -0.39 is 5.60 Å². The first kappa shape index (κ1) is 22.0. The highest BCUT2D eigenvalue weighted by molar-refractivity contribution is 5.68. The van der Waals surface area contributed by atoms with E-state index in [4.69, 9.17) is 14.5 Å². The summed E-state index contributed by atoms with van der Waals surface area (Å²) in [7, 11) is 1.58. The summed E-state index contributed by atoms with van der Waals surface area (Å²) in [6, 6.07) is 2.97. The van der Waals surface area contributed by atoms with E-state index in [-0.39, 0.29) is 17.8 Å². The number of pyridine rings is 1. The lowest BCUT2D eigenvalue weighted by Gasteiger charge is -2.34. The van der Waals surface area contributed by atoms with Crippen molar-refractivity contribution in [2.24, 2.45) is 5.92 Å². The van der Waals surface area contributed by atoms with Crippen LogP contribution in [0.25, 0.3) is 17.2 Å². The van der Waals surface area contributed by atoms with Gasteiger partial charge in [-0.15, -0.1) is 0 Å². The Bertz CT molecular complexity index is 1120. The maximum atomic E-state index is 13.8. The molecular weight excluding hydrogens is 413 g/mol. The minimum atomic E-state index is -0.526. The second-order valence-corrected chi connectivity index (χ2v) is 9.07. The van der Waals surface area contributed by atoms with Crippen LogP contribution in [0.4, 0.5) is 9.18 Å². The van der Waals surface area contributed by atoms with Crippen LogP contribution in [0.2, 0.25) is 0 Å². The minimum Gasteiger partial charge on any atom is -0.493 e. The highest BCUT2D eigenvalue weighted by atomic mass is 19.1. The number of fused-ring (bicyclic) bond motifs is 1. The van der Waals surface area contributed by atoms with Gasteiger partial charge in [-0.1, -0.05) is 0 Å². The fraction of sp³-hybridized carbons (Fsp3) is 0.478. The van der Waals surface area contributed by atoms with E-state index in [1.165, 1.54) is 12.3 Å². The van der Waals surface area contributed by atoms with Crippen molar-refractivity contribution in [3.05, 3.63) is 42.2 Å². The SMILES string of the molecule is COc1cnc(-c2cnc3ccc(F)cn23)nc1C[C@@H]1CCCN(C(=O)OC(C)(C)C)C1. The van der Waals surface area contributed by atoms with E-state index >= 15 is 0 Å². The predicted octanol–water partition coefficient (Wildman–Crippen LogP) is 4.13. The molecule has 170 valence electrons. The third-order valence-corrected chi connectivity index (χ3v) is 5.40. The summed E-state index contributed by atoms with van der Waals surface area (Å²) in [4.78, 5) is 27.7. The molecule has 4 heterocycles. The van der Waals surface area contributed by atoms with Crippen LogP contribution < -0.4 is 4.74 Å². The number of hydrogen-bond donors (Lipinski definition) is 0. The van der Waals surface area contributed by atoms with Crippen LogP contribution in [-0.2, 0) is 11.2 Å². The van der Waals surface area contributed by atoms with Gasteiger partial charge in [-0.25, -0.2) is 24.1 Å². The van der Waals surface area contributed by atoms with E-state index in [1.54, 1.807) is 34.9 Å². The van der Waals surface area contributed by atoms with Gasteiger partial charge in [0.2, 0.25) is 0 Å². The number of piperidine rings is 1. The van der Waals surface area contributed by atoms with E-state index in [0.717, 1.165) is 18.5 Å². The highest BCUT2D eigenvalue weighted by Gasteiger charge is 2.28. The van der Waals surface area contributed by atoms with E-state index in [1.807, 2.05) is 20.8 Å². The van der Waals surface area contributed by atoms with Crippen molar-refractivity contribution in [1.29, 1.82) is 0 Å². The molecule has 1 saturated heterocycles. The van der Waals surface area contributed by atoms with Crippen molar-refractivity contribution >= 4 is 11.7 Å². The molecule has 0 aliphatic carbocycles. The molecule has 4 rings (SSSR count). The van der Waals surface area contributed by atoms with Gasteiger partial charge in [-0.2, -0.15) is 0 Å². The quantitative estimate of drug-likeness (QED) is 0.606. The normalized spacial score (nSPS) is 16.9. The Labute approximate surface area is 186 Å². The number of carbonyl (C=O) groups excluding carboxylic acids is 1. The summed E-state index contributed by atoms with van der Waals surface area (Å²) in [5, 5.41) is 0. The molecule has 3 aromatic heterocycles. The zero-order valence-electron chi connectivity index (χ0n) is 18.8. The summed E-state index contributed by atoms with van der Waals surface area (Å²) in [6.45, 7) is 6.88. The van der Waals surface area contributed by atoms with Crippen molar-refractivity contribution in [2.75, 3.05) is 20.2 Å². The van der Waals surface area contributed by atoms with Gasteiger partial charge in [0.05, 0.1) is 25.2 Å². The summed E-state index contributed by atoms with van der Waals surface area (Å²) in [5.74, 6) is 0.879. The zero-order valence-corrected chi connectivity index (χ0v) is 18.8. The fourth-order valence-electron chi connectivity index (χ4n) is 3.96. The standard InChI is InChI=1S/C23H28FN5O3/c1-23(2,3)32-22(30)28-9-5-6-15(13-28)10-17-19(31-4)12-26-21(27-17)18-11-25-20-8-7-16(24)14-29(18)20/h7-8,11-12,14-15H,5-6,9-10,13H2,1-4H3/t15-/m0/s1. The predicted molar refractivity (Wildman–Crippen MR) is 117 cm³/mol.